The third-order valence-corrected chi connectivity index (χ3v) is 8.04. The van der Waals surface area contributed by atoms with Gasteiger partial charge in [-0.2, -0.15) is 13.2 Å². The second-order valence-electron chi connectivity index (χ2n) is 10.6. The quantitative estimate of drug-likeness (QED) is 0.224. The van der Waals surface area contributed by atoms with Gasteiger partial charge in [0.05, 0.1) is 29.0 Å². The van der Waals surface area contributed by atoms with Crippen molar-refractivity contribution in [2.24, 2.45) is 0 Å². The van der Waals surface area contributed by atoms with Crippen LogP contribution in [0.25, 0.3) is 5.69 Å². The first kappa shape index (κ1) is 29.3. The lowest BCUT2D eigenvalue weighted by molar-refractivity contribution is -0.137. The van der Waals surface area contributed by atoms with E-state index >= 15 is 0 Å². The van der Waals surface area contributed by atoms with Crippen molar-refractivity contribution in [3.05, 3.63) is 112 Å². The number of aryl methyl sites for hydroxylation is 3. The van der Waals surface area contributed by atoms with E-state index in [-0.39, 0.29) is 24.1 Å². The highest BCUT2D eigenvalue weighted by molar-refractivity contribution is 7.80. The summed E-state index contributed by atoms with van der Waals surface area (Å²) in [7, 11) is 0. The fourth-order valence-electron chi connectivity index (χ4n) is 5.66. The van der Waals surface area contributed by atoms with Crippen molar-refractivity contribution < 1.29 is 18.0 Å². The number of para-hydroxylation sites is 1. The summed E-state index contributed by atoms with van der Waals surface area (Å²) in [6.45, 7) is 7.82. The average molecular weight is 592 g/mol. The number of aromatic nitrogens is 2. The first-order valence-corrected chi connectivity index (χ1v) is 14.1. The smallest absolute Gasteiger partial charge is 0.352 e. The van der Waals surface area contributed by atoms with Crippen molar-refractivity contribution >= 4 is 28.9 Å². The molecule has 2 unspecified atom stereocenters. The maximum Gasteiger partial charge on any atom is 0.418 e. The van der Waals surface area contributed by atoms with Crippen LogP contribution in [0.1, 0.15) is 57.8 Å². The molecule has 42 heavy (non-hydrogen) atoms. The van der Waals surface area contributed by atoms with Crippen molar-refractivity contribution in [3.63, 3.8) is 0 Å². The van der Waals surface area contributed by atoms with Gasteiger partial charge in [-0.25, -0.2) is 0 Å². The first-order chi connectivity index (χ1) is 20.0. The largest absolute Gasteiger partial charge is 0.418 e. The normalized spacial score (nSPS) is 16.9. The standard InChI is InChI=1S/C32H32F3N5OS/c1-19-12-13-20(2)26(17-19)37-28(41)14-16-39-30(29(38-31(39)42)25-10-7-8-15-36-25)23-18-21(3)40(22(23)4)27-11-6-5-9-24(27)32(33,34)35/h5-13,15,17-18,29-30H,14,16H2,1-4H3,(H,37,41)(H,38,42). The van der Waals surface area contributed by atoms with Crippen LogP contribution in [0.2, 0.25) is 0 Å². The SMILES string of the molecule is Cc1ccc(C)c(NC(=O)CCN2C(=S)NC(c3ccccn3)C2c2cc(C)n(-c3ccccc3C(F)(F)F)c2C)c1. The molecule has 0 radical (unpaired) electrons. The molecule has 0 bridgehead atoms. The number of nitrogens with zero attached hydrogens (tertiary/aromatic N) is 3. The molecule has 6 nitrogen and oxygen atoms in total. The predicted molar refractivity (Wildman–Crippen MR) is 162 cm³/mol. The highest BCUT2D eigenvalue weighted by Crippen LogP contribution is 2.42. The number of hydrogen-bond donors (Lipinski definition) is 2. The molecule has 2 aromatic heterocycles. The van der Waals surface area contributed by atoms with Crippen molar-refractivity contribution in [1.82, 2.24) is 19.8 Å². The van der Waals surface area contributed by atoms with Gasteiger partial charge < -0.3 is 20.1 Å². The van der Waals surface area contributed by atoms with Gasteiger partial charge in [0.25, 0.3) is 0 Å². The second-order valence-corrected chi connectivity index (χ2v) is 11.0. The van der Waals surface area contributed by atoms with Crippen LogP contribution in [0.4, 0.5) is 18.9 Å². The molecule has 2 aromatic carbocycles. The number of halogens is 3. The van der Waals surface area contributed by atoms with Crippen molar-refractivity contribution in [2.45, 2.75) is 52.4 Å². The van der Waals surface area contributed by atoms with Gasteiger partial charge in [0, 0.05) is 36.2 Å². The minimum Gasteiger partial charge on any atom is -0.352 e. The number of pyridine rings is 1. The van der Waals surface area contributed by atoms with Crippen molar-refractivity contribution in [2.75, 3.05) is 11.9 Å². The first-order valence-electron chi connectivity index (χ1n) is 13.7. The van der Waals surface area contributed by atoms with Crippen LogP contribution in [0, 0.1) is 27.7 Å². The maximum absolute atomic E-state index is 14.0. The van der Waals surface area contributed by atoms with Crippen LogP contribution >= 0.6 is 12.2 Å². The Balaban J connectivity index is 1.51. The van der Waals surface area contributed by atoms with Crippen LogP contribution in [0.5, 0.6) is 0 Å². The zero-order valence-corrected chi connectivity index (χ0v) is 24.6. The van der Waals surface area contributed by atoms with E-state index in [1.807, 2.05) is 68.1 Å². The van der Waals surface area contributed by atoms with Gasteiger partial charge in [0.15, 0.2) is 5.11 Å². The zero-order valence-electron chi connectivity index (χ0n) is 23.8. The van der Waals surface area contributed by atoms with E-state index in [2.05, 4.69) is 15.6 Å². The molecule has 2 N–H and O–H groups in total. The van der Waals surface area contributed by atoms with E-state index in [0.29, 0.717) is 23.0 Å². The van der Waals surface area contributed by atoms with Gasteiger partial charge in [-0.15, -0.1) is 0 Å². The number of thiocarbonyl (C=S) groups is 1. The molecule has 3 heterocycles. The number of rotatable bonds is 7. The molecule has 1 amide bonds. The Morgan fingerprint density at radius 2 is 1.76 bits per heavy atom. The summed E-state index contributed by atoms with van der Waals surface area (Å²) >= 11 is 5.76. The van der Waals surface area contributed by atoms with E-state index in [1.165, 1.54) is 12.1 Å². The summed E-state index contributed by atoms with van der Waals surface area (Å²) < 4.78 is 43.6. The molecule has 0 saturated carbocycles. The number of nitrogens with one attached hydrogen (secondary N) is 2. The van der Waals surface area contributed by atoms with Gasteiger partial charge in [-0.3, -0.25) is 9.78 Å². The third-order valence-electron chi connectivity index (χ3n) is 7.68. The van der Waals surface area contributed by atoms with Crippen LogP contribution in [0.3, 0.4) is 0 Å². The van der Waals surface area contributed by atoms with Crippen LogP contribution < -0.4 is 10.6 Å². The van der Waals surface area contributed by atoms with Crippen LogP contribution in [-0.4, -0.2) is 32.0 Å². The molecule has 1 aliphatic rings. The van der Waals surface area contributed by atoms with Gasteiger partial charge in [0.1, 0.15) is 0 Å². The number of carbonyl (C=O) groups is 1. The van der Waals surface area contributed by atoms with Gasteiger partial charge in [-0.1, -0.05) is 30.3 Å². The zero-order chi connectivity index (χ0) is 30.2. The predicted octanol–water partition coefficient (Wildman–Crippen LogP) is 7.13. The van der Waals surface area contributed by atoms with E-state index in [9.17, 15) is 18.0 Å². The molecule has 1 fully saturated rings. The number of alkyl halides is 3. The maximum atomic E-state index is 14.0. The molecule has 1 saturated heterocycles. The lowest BCUT2D eigenvalue weighted by atomic mass is 9.96. The number of anilines is 1. The summed E-state index contributed by atoms with van der Waals surface area (Å²) in [5, 5.41) is 6.82. The molecule has 5 rings (SSSR count). The van der Waals surface area contributed by atoms with E-state index in [0.717, 1.165) is 34.1 Å². The molecule has 218 valence electrons. The summed E-state index contributed by atoms with van der Waals surface area (Å²) in [5.41, 5.74) is 4.99. The molecule has 10 heteroatoms. The molecule has 0 aliphatic carbocycles. The lowest BCUT2D eigenvalue weighted by Gasteiger charge is -2.28. The average Bonchev–Trinajstić information content (AvgIpc) is 3.43. The summed E-state index contributed by atoms with van der Waals surface area (Å²) in [6, 6.07) is 18.2. The molecule has 2 atom stereocenters. The van der Waals surface area contributed by atoms with E-state index in [1.54, 1.807) is 23.8 Å². The third kappa shape index (κ3) is 5.76. The summed E-state index contributed by atoms with van der Waals surface area (Å²) in [5.74, 6) is -0.156. The number of benzene rings is 2. The van der Waals surface area contributed by atoms with Gasteiger partial charge in [-0.05, 0) is 93.0 Å². The summed E-state index contributed by atoms with van der Waals surface area (Å²) in [4.78, 5) is 19.5. The van der Waals surface area contributed by atoms with Crippen LogP contribution in [-0.2, 0) is 11.0 Å². The monoisotopic (exact) mass is 591 g/mol. The Kier molecular flexibility index (Phi) is 8.10. The fourth-order valence-corrected chi connectivity index (χ4v) is 5.99. The number of hydrogen-bond acceptors (Lipinski definition) is 3. The fraction of sp³-hybridized carbons (Fsp3) is 0.281. The second kappa shape index (κ2) is 11.6. The van der Waals surface area contributed by atoms with E-state index in [4.69, 9.17) is 12.2 Å². The number of carbonyl (C=O) groups excluding carboxylic acids is 1. The molecule has 0 spiro atoms. The van der Waals surface area contributed by atoms with Gasteiger partial charge in [0.2, 0.25) is 5.91 Å². The lowest BCUT2D eigenvalue weighted by Crippen LogP contribution is -2.33. The Hall–Kier alpha value is -4.18. The Morgan fingerprint density at radius 3 is 2.48 bits per heavy atom. The Morgan fingerprint density at radius 1 is 1.02 bits per heavy atom. The minimum atomic E-state index is -4.51. The van der Waals surface area contributed by atoms with Crippen molar-refractivity contribution in [1.29, 1.82) is 0 Å². The highest BCUT2D eigenvalue weighted by Gasteiger charge is 2.42. The van der Waals surface area contributed by atoms with Crippen LogP contribution in [0.15, 0.2) is 72.9 Å². The minimum absolute atomic E-state index is 0.0635. The summed E-state index contributed by atoms with van der Waals surface area (Å²) in [6.07, 6.45) is -2.65. The van der Waals surface area contributed by atoms with Gasteiger partial charge >= 0.3 is 6.18 Å². The van der Waals surface area contributed by atoms with E-state index < -0.39 is 17.8 Å². The molecule has 1 aliphatic heterocycles. The molecular weight excluding hydrogens is 559 g/mol. The van der Waals surface area contributed by atoms with Crippen molar-refractivity contribution in [3.8, 4) is 5.69 Å². The molecule has 4 aromatic rings. The topological polar surface area (TPSA) is 62.2 Å². The number of amides is 1. The Labute approximate surface area is 248 Å². The highest BCUT2D eigenvalue weighted by atomic mass is 32.1. The molecular formula is C32H32F3N5OS. The Bertz CT molecular complexity index is 1630.